The monoisotopic (exact) mass is 335 g/mol. The van der Waals surface area contributed by atoms with Gasteiger partial charge in [0.2, 0.25) is 6.33 Å². The van der Waals surface area contributed by atoms with Crippen LogP contribution in [0, 0.1) is 0 Å². The van der Waals surface area contributed by atoms with Crippen LogP contribution in [-0.4, -0.2) is 29.6 Å². The Labute approximate surface area is 142 Å². The minimum absolute atomic E-state index is 0. The van der Waals surface area contributed by atoms with Crippen molar-refractivity contribution in [2.75, 3.05) is 23.7 Å². The van der Waals surface area contributed by atoms with E-state index >= 15 is 0 Å². The molecule has 1 atom stereocenters. The number of aryl methyl sites for hydroxylation is 1. The van der Waals surface area contributed by atoms with Crippen molar-refractivity contribution in [1.82, 2.24) is 9.88 Å². The Bertz CT molecular complexity index is 655. The first-order valence-electron chi connectivity index (χ1n) is 7.51. The summed E-state index contributed by atoms with van der Waals surface area (Å²) in [5.41, 5.74) is 7.64. The number of amides is 1. The van der Waals surface area contributed by atoms with Crippen LogP contribution in [0.4, 0.5) is 11.4 Å². The molecule has 124 valence electrons. The van der Waals surface area contributed by atoms with Gasteiger partial charge in [0.1, 0.15) is 12.4 Å². The molecule has 3 rings (SSSR count). The lowest BCUT2D eigenvalue weighted by Crippen LogP contribution is -3.00. The normalized spacial score (nSPS) is 16.9. The van der Waals surface area contributed by atoms with E-state index in [1.807, 2.05) is 59.2 Å². The van der Waals surface area contributed by atoms with Crippen molar-refractivity contribution in [3.63, 3.8) is 0 Å². The summed E-state index contributed by atoms with van der Waals surface area (Å²) in [5, 5.41) is 3.11. The Hall–Kier alpha value is -2.21. The number of hydrogen-bond donors (Lipinski definition) is 2. The Balaban J connectivity index is 0.00000192. The van der Waals surface area contributed by atoms with Crippen LogP contribution >= 0.6 is 0 Å². The molecule has 2 heterocycles. The number of nitrogens with two attached hydrogens (primary N) is 1. The molecule has 23 heavy (non-hydrogen) atoms. The Morgan fingerprint density at radius 1 is 1.39 bits per heavy atom. The maximum atomic E-state index is 12.1. The van der Waals surface area contributed by atoms with Gasteiger partial charge in [-0.1, -0.05) is 0 Å². The third-order valence-corrected chi connectivity index (χ3v) is 3.96. The number of aromatic nitrogens is 2. The van der Waals surface area contributed by atoms with Crippen LogP contribution in [0.15, 0.2) is 43.0 Å². The zero-order valence-corrected chi connectivity index (χ0v) is 13.9. The first-order valence-corrected chi connectivity index (χ1v) is 7.51. The van der Waals surface area contributed by atoms with Gasteiger partial charge >= 0.3 is 0 Å². The van der Waals surface area contributed by atoms with Crippen molar-refractivity contribution in [1.29, 1.82) is 0 Å². The molecule has 7 heteroatoms. The molecule has 1 unspecified atom stereocenters. The molecule has 0 bridgehead atoms. The van der Waals surface area contributed by atoms with Crippen LogP contribution < -0.4 is 32.9 Å². The van der Waals surface area contributed by atoms with E-state index < -0.39 is 0 Å². The highest BCUT2D eigenvalue weighted by Gasteiger charge is 2.24. The summed E-state index contributed by atoms with van der Waals surface area (Å²) < 4.78 is 3.80. The minimum Gasteiger partial charge on any atom is -1.00 e. The number of benzene rings is 1. The Kier molecular flexibility index (Phi) is 5.50. The first-order chi connectivity index (χ1) is 10.6. The van der Waals surface area contributed by atoms with Gasteiger partial charge in [-0.15, -0.1) is 0 Å². The second-order valence-electron chi connectivity index (χ2n) is 5.84. The molecular weight excluding hydrogens is 314 g/mol. The molecule has 1 fully saturated rings. The van der Waals surface area contributed by atoms with Crippen LogP contribution in [-0.2, 0) is 18.4 Å². The van der Waals surface area contributed by atoms with Gasteiger partial charge in [0.05, 0.1) is 7.05 Å². The highest BCUT2D eigenvalue weighted by molar-refractivity contribution is 5.76. The van der Waals surface area contributed by atoms with Gasteiger partial charge in [0.15, 0.2) is 6.54 Å². The van der Waals surface area contributed by atoms with Gasteiger partial charge in [-0.25, -0.2) is 9.13 Å². The van der Waals surface area contributed by atoms with E-state index in [2.05, 4.69) is 10.2 Å². The van der Waals surface area contributed by atoms with E-state index in [1.165, 1.54) is 0 Å². The number of carbonyl (C=O) groups excluding carboxylic acids is 1. The molecule has 1 aliphatic rings. The predicted octanol–water partition coefficient (Wildman–Crippen LogP) is -2.71. The van der Waals surface area contributed by atoms with E-state index in [9.17, 15) is 4.79 Å². The molecule has 1 saturated heterocycles. The minimum atomic E-state index is 0. The number of nitrogens with one attached hydrogen (secondary N) is 1. The number of nitrogen functional groups attached to an aromatic ring is 1. The smallest absolute Gasteiger partial charge is 0.262 e. The second kappa shape index (κ2) is 7.37. The molecule has 3 N–H and O–H groups in total. The molecule has 0 saturated carbocycles. The van der Waals surface area contributed by atoms with Crippen molar-refractivity contribution in [3.8, 4) is 0 Å². The third-order valence-electron chi connectivity index (χ3n) is 3.96. The van der Waals surface area contributed by atoms with Crippen molar-refractivity contribution in [2.24, 2.45) is 7.05 Å². The van der Waals surface area contributed by atoms with Gasteiger partial charge in [-0.05, 0) is 30.7 Å². The highest BCUT2D eigenvalue weighted by Crippen LogP contribution is 2.21. The summed E-state index contributed by atoms with van der Waals surface area (Å²) >= 11 is 0. The summed E-state index contributed by atoms with van der Waals surface area (Å²) in [6.07, 6.45) is 6.69. The van der Waals surface area contributed by atoms with E-state index in [0.29, 0.717) is 6.54 Å². The number of carbonyl (C=O) groups is 1. The summed E-state index contributed by atoms with van der Waals surface area (Å²) in [6.45, 7) is 2.15. The lowest BCUT2D eigenvalue weighted by Gasteiger charge is -2.19. The van der Waals surface area contributed by atoms with E-state index in [-0.39, 0.29) is 24.4 Å². The van der Waals surface area contributed by atoms with Gasteiger partial charge in [-0.2, -0.15) is 0 Å². The standard InChI is InChI=1S/C16H21N5O.ClH/c1-19-8-9-20(12-19)11-16(22)18-14-6-7-21(10-14)15-4-2-13(17)3-5-15;/h2-5,8-9,12,14H,6-7,10-11,17H2,1H3;1H. The summed E-state index contributed by atoms with van der Waals surface area (Å²) in [7, 11) is 1.94. The summed E-state index contributed by atoms with van der Waals surface area (Å²) in [4.78, 5) is 14.4. The van der Waals surface area contributed by atoms with Crippen LogP contribution in [0.3, 0.4) is 0 Å². The fourth-order valence-corrected chi connectivity index (χ4v) is 2.83. The zero-order chi connectivity index (χ0) is 15.5. The Morgan fingerprint density at radius 3 is 2.78 bits per heavy atom. The lowest BCUT2D eigenvalue weighted by atomic mass is 10.2. The fourth-order valence-electron chi connectivity index (χ4n) is 2.83. The average molecular weight is 336 g/mol. The van der Waals surface area contributed by atoms with Crippen molar-refractivity contribution >= 4 is 17.3 Å². The molecule has 0 radical (unpaired) electrons. The first kappa shape index (κ1) is 17.1. The van der Waals surface area contributed by atoms with Crippen molar-refractivity contribution in [3.05, 3.63) is 43.0 Å². The highest BCUT2D eigenvalue weighted by atomic mass is 35.5. The number of anilines is 2. The molecule has 0 spiro atoms. The number of rotatable bonds is 4. The average Bonchev–Trinajstić information content (AvgIpc) is 3.09. The Morgan fingerprint density at radius 2 is 2.13 bits per heavy atom. The largest absolute Gasteiger partial charge is 1.00 e. The van der Waals surface area contributed by atoms with E-state index in [0.717, 1.165) is 30.9 Å². The van der Waals surface area contributed by atoms with Crippen LogP contribution in [0.5, 0.6) is 0 Å². The van der Waals surface area contributed by atoms with Gasteiger partial charge < -0.3 is 28.4 Å². The maximum Gasteiger partial charge on any atom is 0.262 e. The molecule has 2 aromatic rings. The zero-order valence-electron chi connectivity index (χ0n) is 13.2. The predicted molar refractivity (Wildman–Crippen MR) is 85.2 cm³/mol. The van der Waals surface area contributed by atoms with Gasteiger partial charge in [0.25, 0.3) is 5.91 Å². The third kappa shape index (κ3) is 4.39. The maximum absolute atomic E-state index is 12.1. The van der Waals surface area contributed by atoms with Gasteiger partial charge in [0, 0.05) is 30.5 Å². The molecule has 1 aromatic carbocycles. The summed E-state index contributed by atoms with van der Waals surface area (Å²) in [6, 6.07) is 8.08. The molecule has 1 amide bonds. The number of imidazole rings is 1. The van der Waals surface area contributed by atoms with Crippen LogP contribution in [0.25, 0.3) is 0 Å². The quantitative estimate of drug-likeness (QED) is 0.472. The SMILES string of the molecule is C[n+]1ccn(CC(=O)NC2CCN(c3ccc(N)cc3)C2)c1.[Cl-]. The second-order valence-corrected chi connectivity index (χ2v) is 5.84. The molecule has 1 aliphatic heterocycles. The number of halogens is 1. The van der Waals surface area contributed by atoms with Gasteiger partial charge in [-0.3, -0.25) is 4.79 Å². The number of nitrogens with zero attached hydrogens (tertiary/aromatic N) is 3. The van der Waals surface area contributed by atoms with Crippen LogP contribution in [0.2, 0.25) is 0 Å². The molecule has 1 aromatic heterocycles. The number of hydrogen-bond acceptors (Lipinski definition) is 3. The van der Waals surface area contributed by atoms with Crippen molar-refractivity contribution in [2.45, 2.75) is 19.0 Å². The summed E-state index contributed by atoms with van der Waals surface area (Å²) in [5.74, 6) is 0.0559. The van der Waals surface area contributed by atoms with Crippen molar-refractivity contribution < 1.29 is 21.8 Å². The molecular formula is C16H22ClN5O. The van der Waals surface area contributed by atoms with E-state index in [1.54, 1.807) is 0 Å². The molecule has 6 nitrogen and oxygen atoms in total. The van der Waals surface area contributed by atoms with Crippen LogP contribution in [0.1, 0.15) is 6.42 Å². The fraction of sp³-hybridized carbons (Fsp3) is 0.375. The topological polar surface area (TPSA) is 67.2 Å². The lowest BCUT2D eigenvalue weighted by molar-refractivity contribution is -0.671. The molecule has 0 aliphatic carbocycles. The van der Waals surface area contributed by atoms with E-state index in [4.69, 9.17) is 5.73 Å².